The number of ether oxygens (including phenoxy) is 1. The maximum atomic E-state index is 12.9. The summed E-state index contributed by atoms with van der Waals surface area (Å²) in [6.45, 7) is 2.69. The normalized spacial score (nSPS) is 14.4. The molecule has 0 aliphatic carbocycles. The molecule has 0 bridgehead atoms. The third kappa shape index (κ3) is 3.65. The van der Waals surface area contributed by atoms with Gasteiger partial charge in [0, 0.05) is 37.3 Å². The predicted octanol–water partition coefficient (Wildman–Crippen LogP) is 3.76. The van der Waals surface area contributed by atoms with Gasteiger partial charge < -0.3 is 14.5 Å². The minimum Gasteiger partial charge on any atom is -0.496 e. The highest BCUT2D eigenvalue weighted by atomic mass is 35.5. The molecule has 0 saturated carbocycles. The molecule has 2 aromatic heterocycles. The van der Waals surface area contributed by atoms with Crippen molar-refractivity contribution in [2.24, 2.45) is 0 Å². The van der Waals surface area contributed by atoms with E-state index in [-0.39, 0.29) is 5.91 Å². The smallest absolute Gasteiger partial charge is 0.257 e. The highest BCUT2D eigenvalue weighted by Crippen LogP contribution is 2.27. The first kappa shape index (κ1) is 17.9. The number of thiophene rings is 1. The van der Waals surface area contributed by atoms with E-state index in [2.05, 4.69) is 27.2 Å². The molecule has 0 atom stereocenters. The second-order valence-electron chi connectivity index (χ2n) is 6.24. The average Bonchev–Trinajstić information content (AvgIpc) is 3.39. The number of aromatic amines is 1. The third-order valence-corrected chi connectivity index (χ3v) is 5.77. The molecular weight excluding hydrogens is 384 g/mol. The summed E-state index contributed by atoms with van der Waals surface area (Å²) in [5, 5.41) is 10.1. The van der Waals surface area contributed by atoms with Gasteiger partial charge >= 0.3 is 0 Å². The summed E-state index contributed by atoms with van der Waals surface area (Å²) in [7, 11) is 1.56. The van der Waals surface area contributed by atoms with Crippen LogP contribution in [0.5, 0.6) is 5.75 Å². The maximum absolute atomic E-state index is 12.9. The number of carbonyl (C=O) groups is 1. The zero-order chi connectivity index (χ0) is 18.8. The van der Waals surface area contributed by atoms with Gasteiger partial charge in [0.25, 0.3) is 5.91 Å². The van der Waals surface area contributed by atoms with Crippen molar-refractivity contribution in [3.8, 4) is 16.3 Å². The standard InChI is InChI=1S/C19H19ClN4O2S/c1-26-16-5-4-13(20)11-14(16)19(25)24-8-6-23(7-9-24)18-12-15(21-22-18)17-3-2-10-27-17/h2-5,10-12H,6-9H2,1H3,(H,21,22). The number of benzene rings is 1. The summed E-state index contributed by atoms with van der Waals surface area (Å²) in [5.41, 5.74) is 1.51. The van der Waals surface area contributed by atoms with Crippen molar-refractivity contribution in [1.29, 1.82) is 0 Å². The van der Waals surface area contributed by atoms with Gasteiger partial charge in [0.2, 0.25) is 0 Å². The molecule has 27 heavy (non-hydrogen) atoms. The molecule has 1 aliphatic heterocycles. The van der Waals surface area contributed by atoms with Gasteiger partial charge in [0.1, 0.15) is 5.75 Å². The Morgan fingerprint density at radius 1 is 1.22 bits per heavy atom. The summed E-state index contributed by atoms with van der Waals surface area (Å²) in [6, 6.07) is 11.3. The van der Waals surface area contributed by atoms with E-state index in [0.717, 1.165) is 29.5 Å². The van der Waals surface area contributed by atoms with Crippen LogP contribution in [0.15, 0.2) is 41.8 Å². The van der Waals surface area contributed by atoms with Gasteiger partial charge in [-0.1, -0.05) is 17.7 Å². The maximum Gasteiger partial charge on any atom is 0.257 e. The van der Waals surface area contributed by atoms with Gasteiger partial charge in [-0.05, 0) is 29.6 Å². The number of piperazine rings is 1. The molecule has 8 heteroatoms. The number of carbonyl (C=O) groups excluding carboxylic acids is 1. The van der Waals surface area contributed by atoms with Gasteiger partial charge in [-0.3, -0.25) is 9.89 Å². The van der Waals surface area contributed by atoms with Crippen LogP contribution < -0.4 is 9.64 Å². The summed E-state index contributed by atoms with van der Waals surface area (Å²) >= 11 is 7.74. The number of methoxy groups -OCH3 is 1. The molecule has 4 rings (SSSR count). The molecule has 140 valence electrons. The fraction of sp³-hybridized carbons (Fsp3) is 0.263. The number of rotatable bonds is 4. The minimum absolute atomic E-state index is 0.0599. The van der Waals surface area contributed by atoms with Crippen LogP contribution in [0.4, 0.5) is 5.82 Å². The molecule has 0 unspecified atom stereocenters. The van der Waals surface area contributed by atoms with Crippen LogP contribution >= 0.6 is 22.9 Å². The van der Waals surface area contributed by atoms with Gasteiger partial charge in [0.15, 0.2) is 5.82 Å². The fourth-order valence-electron chi connectivity index (χ4n) is 3.19. The molecule has 1 fully saturated rings. The van der Waals surface area contributed by atoms with Crippen LogP contribution in [0, 0.1) is 0 Å². The van der Waals surface area contributed by atoms with Crippen LogP contribution in [0.3, 0.4) is 0 Å². The van der Waals surface area contributed by atoms with Crippen LogP contribution in [0.2, 0.25) is 5.02 Å². The van der Waals surface area contributed by atoms with Crippen molar-refractivity contribution in [1.82, 2.24) is 15.1 Å². The van der Waals surface area contributed by atoms with Crippen molar-refractivity contribution in [2.75, 3.05) is 38.2 Å². The molecule has 0 radical (unpaired) electrons. The highest BCUT2D eigenvalue weighted by molar-refractivity contribution is 7.13. The zero-order valence-corrected chi connectivity index (χ0v) is 16.4. The van der Waals surface area contributed by atoms with Crippen molar-refractivity contribution in [2.45, 2.75) is 0 Å². The first-order valence-electron chi connectivity index (χ1n) is 8.63. The topological polar surface area (TPSA) is 61.5 Å². The Morgan fingerprint density at radius 3 is 2.74 bits per heavy atom. The van der Waals surface area contributed by atoms with Crippen molar-refractivity contribution >= 4 is 34.7 Å². The van der Waals surface area contributed by atoms with E-state index in [1.807, 2.05) is 16.3 Å². The lowest BCUT2D eigenvalue weighted by Gasteiger charge is -2.35. The Kier molecular flexibility index (Phi) is 5.05. The average molecular weight is 403 g/mol. The van der Waals surface area contributed by atoms with Crippen LogP contribution in [-0.2, 0) is 0 Å². The van der Waals surface area contributed by atoms with E-state index in [1.165, 1.54) is 0 Å². The molecule has 1 aromatic carbocycles. The van der Waals surface area contributed by atoms with Gasteiger partial charge in [-0.25, -0.2) is 0 Å². The number of nitrogens with zero attached hydrogens (tertiary/aromatic N) is 3. The molecule has 3 heterocycles. The molecule has 1 aliphatic rings. The minimum atomic E-state index is -0.0599. The number of aromatic nitrogens is 2. The molecule has 3 aromatic rings. The Bertz CT molecular complexity index is 933. The predicted molar refractivity (Wildman–Crippen MR) is 108 cm³/mol. The number of anilines is 1. The lowest BCUT2D eigenvalue weighted by Crippen LogP contribution is -2.49. The monoisotopic (exact) mass is 402 g/mol. The third-order valence-electron chi connectivity index (χ3n) is 4.63. The number of hydrogen-bond acceptors (Lipinski definition) is 5. The van der Waals surface area contributed by atoms with Crippen molar-refractivity contribution in [3.63, 3.8) is 0 Å². The Hall–Kier alpha value is -2.51. The van der Waals surface area contributed by atoms with E-state index < -0.39 is 0 Å². The molecular formula is C19H19ClN4O2S. The van der Waals surface area contributed by atoms with E-state index in [0.29, 0.717) is 29.4 Å². The highest BCUT2D eigenvalue weighted by Gasteiger charge is 2.25. The largest absolute Gasteiger partial charge is 0.496 e. The quantitative estimate of drug-likeness (QED) is 0.721. The number of H-pyrrole nitrogens is 1. The second kappa shape index (κ2) is 7.62. The van der Waals surface area contributed by atoms with E-state index in [9.17, 15) is 4.79 Å². The SMILES string of the molecule is COc1ccc(Cl)cc1C(=O)N1CCN(c2cc(-c3cccs3)[nH]n2)CC1. The number of hydrogen-bond donors (Lipinski definition) is 1. The first-order chi connectivity index (χ1) is 13.2. The van der Waals surface area contributed by atoms with E-state index in [4.69, 9.17) is 16.3 Å². The molecule has 1 saturated heterocycles. The summed E-state index contributed by atoms with van der Waals surface area (Å²) in [5.74, 6) is 1.39. The second-order valence-corrected chi connectivity index (χ2v) is 7.63. The lowest BCUT2D eigenvalue weighted by atomic mass is 10.1. The Balaban J connectivity index is 1.43. The van der Waals surface area contributed by atoms with Gasteiger partial charge in [-0.2, -0.15) is 5.10 Å². The van der Waals surface area contributed by atoms with Crippen LogP contribution in [0.25, 0.3) is 10.6 Å². The fourth-order valence-corrected chi connectivity index (χ4v) is 4.05. The van der Waals surface area contributed by atoms with E-state index >= 15 is 0 Å². The van der Waals surface area contributed by atoms with Crippen LogP contribution in [-0.4, -0.2) is 54.3 Å². The summed E-state index contributed by atoms with van der Waals surface area (Å²) < 4.78 is 5.31. The summed E-state index contributed by atoms with van der Waals surface area (Å²) in [4.78, 5) is 18.1. The lowest BCUT2D eigenvalue weighted by molar-refractivity contribution is 0.0743. The summed E-state index contributed by atoms with van der Waals surface area (Å²) in [6.07, 6.45) is 0. The Morgan fingerprint density at radius 2 is 2.04 bits per heavy atom. The van der Waals surface area contributed by atoms with E-state index in [1.54, 1.807) is 36.6 Å². The van der Waals surface area contributed by atoms with Gasteiger partial charge in [-0.15, -0.1) is 11.3 Å². The zero-order valence-electron chi connectivity index (χ0n) is 14.8. The molecule has 6 nitrogen and oxygen atoms in total. The van der Waals surface area contributed by atoms with Crippen molar-refractivity contribution in [3.05, 3.63) is 52.4 Å². The molecule has 1 N–H and O–H groups in total. The number of halogens is 1. The van der Waals surface area contributed by atoms with Gasteiger partial charge in [0.05, 0.1) is 23.2 Å². The van der Waals surface area contributed by atoms with Crippen molar-refractivity contribution < 1.29 is 9.53 Å². The number of nitrogens with one attached hydrogen (secondary N) is 1. The molecule has 0 spiro atoms. The Labute approximate surface area is 166 Å². The molecule has 1 amide bonds. The first-order valence-corrected chi connectivity index (χ1v) is 9.88. The van der Waals surface area contributed by atoms with Crippen LogP contribution in [0.1, 0.15) is 10.4 Å². The number of amides is 1.